The fraction of sp³-hybridized carbons (Fsp3) is 0.655. The zero-order valence-electron chi connectivity index (χ0n) is 25.2. The highest BCUT2D eigenvalue weighted by Crippen LogP contribution is 2.30. The smallest absolute Gasteiger partial charge is 0.468 e. The van der Waals surface area contributed by atoms with Gasteiger partial charge in [0.25, 0.3) is 0 Å². The van der Waals surface area contributed by atoms with Gasteiger partial charge in [0.15, 0.2) is 11.5 Å². The van der Waals surface area contributed by atoms with Gasteiger partial charge in [-0.25, -0.2) is 14.4 Å². The first-order valence-corrected chi connectivity index (χ1v) is 14.0. The molecular weight excluding hydrogens is 538 g/mol. The molecule has 3 unspecified atom stereocenters. The fourth-order valence-electron chi connectivity index (χ4n) is 3.00. The van der Waals surface area contributed by atoms with Gasteiger partial charge in [0.2, 0.25) is 0 Å². The van der Waals surface area contributed by atoms with Gasteiger partial charge in [-0.05, 0) is 49.3 Å². The summed E-state index contributed by atoms with van der Waals surface area (Å²) in [5.41, 5.74) is 0.551. The maximum Gasteiger partial charge on any atom is 0.513 e. The molecule has 0 aliphatic rings. The molecule has 12 heteroatoms. The molecule has 1 rings (SSSR count). The van der Waals surface area contributed by atoms with Crippen molar-refractivity contribution in [3.8, 4) is 11.5 Å². The minimum Gasteiger partial charge on any atom is -0.468 e. The molecule has 0 radical (unpaired) electrons. The minimum atomic E-state index is -0.968. The lowest BCUT2D eigenvalue weighted by molar-refractivity contribution is -0.143. The van der Waals surface area contributed by atoms with Crippen LogP contribution in [-0.4, -0.2) is 70.1 Å². The van der Waals surface area contributed by atoms with E-state index in [4.69, 9.17) is 33.2 Å². The Bertz CT molecular complexity index is 968. The fourth-order valence-corrected chi connectivity index (χ4v) is 3.00. The first-order chi connectivity index (χ1) is 19.5. The second kappa shape index (κ2) is 19.5. The van der Waals surface area contributed by atoms with Crippen LogP contribution in [0.4, 0.5) is 14.4 Å². The second-order valence-corrected chi connectivity index (χ2v) is 9.80. The van der Waals surface area contributed by atoms with Crippen molar-refractivity contribution in [2.75, 3.05) is 33.5 Å². The van der Waals surface area contributed by atoms with Crippen molar-refractivity contribution in [2.24, 2.45) is 11.8 Å². The number of benzene rings is 1. The maximum absolute atomic E-state index is 12.4. The summed E-state index contributed by atoms with van der Waals surface area (Å²) in [4.78, 5) is 48.8. The molecule has 0 fully saturated rings. The van der Waals surface area contributed by atoms with Gasteiger partial charge in [-0.2, -0.15) is 0 Å². The van der Waals surface area contributed by atoms with Crippen molar-refractivity contribution < 1.29 is 52.3 Å². The highest BCUT2D eigenvalue weighted by atomic mass is 16.7. The summed E-state index contributed by atoms with van der Waals surface area (Å²) in [5, 5.41) is 2.98. The van der Waals surface area contributed by atoms with Gasteiger partial charge < -0.3 is 38.5 Å². The third-order valence-electron chi connectivity index (χ3n) is 6.27. The minimum absolute atomic E-state index is 0.0370. The van der Waals surface area contributed by atoms with Crippen LogP contribution in [0.25, 0.3) is 0 Å². The molecular formula is C29H45NO11. The highest BCUT2D eigenvalue weighted by Gasteiger charge is 2.22. The van der Waals surface area contributed by atoms with E-state index in [0.717, 1.165) is 12.8 Å². The first kappa shape index (κ1) is 35.5. The van der Waals surface area contributed by atoms with Crippen LogP contribution in [0.15, 0.2) is 18.2 Å². The summed E-state index contributed by atoms with van der Waals surface area (Å²) in [6.45, 7) is 11.9. The Morgan fingerprint density at radius 1 is 0.780 bits per heavy atom. The Morgan fingerprint density at radius 2 is 1.37 bits per heavy atom. The molecule has 0 aliphatic heterocycles. The molecule has 0 aliphatic carbocycles. The zero-order valence-corrected chi connectivity index (χ0v) is 25.2. The zero-order chi connectivity index (χ0) is 30.8. The number of nitrogens with one attached hydrogen (secondary N) is 1. The molecule has 0 amide bonds. The summed E-state index contributed by atoms with van der Waals surface area (Å²) in [5.74, 6) is -0.421. The van der Waals surface area contributed by atoms with Gasteiger partial charge >= 0.3 is 24.4 Å². The monoisotopic (exact) mass is 583 g/mol. The van der Waals surface area contributed by atoms with Crippen molar-refractivity contribution in [2.45, 2.75) is 79.4 Å². The van der Waals surface area contributed by atoms with Gasteiger partial charge in [-0.1, -0.05) is 53.5 Å². The molecule has 0 heterocycles. The van der Waals surface area contributed by atoms with Crippen molar-refractivity contribution in [1.82, 2.24) is 5.32 Å². The standard InChI is InChI=1S/C29H45NO11/c1-8-19(4)17-37-28(33)40-24-12-11-22(16-25(24)41-29(34)38-18-20(5)9-2)15-23(26(31)35-7)30-13-14-36-27(32)39-21(6)10-3/h11-12,16,19-21,23,30H,8-10,13-15,17-18H2,1-7H3/t19?,20?,21?,23-/m0/s1. The van der Waals surface area contributed by atoms with Crippen LogP contribution in [0, 0.1) is 11.8 Å². The van der Waals surface area contributed by atoms with Crippen LogP contribution in [-0.2, 0) is 34.9 Å². The average Bonchev–Trinajstić information content (AvgIpc) is 2.96. The Balaban J connectivity index is 2.99. The molecule has 0 saturated heterocycles. The molecule has 1 N–H and O–H groups in total. The molecule has 0 bridgehead atoms. The highest BCUT2D eigenvalue weighted by molar-refractivity contribution is 5.76. The predicted octanol–water partition coefficient (Wildman–Crippen LogP) is 5.44. The molecule has 0 spiro atoms. The lowest BCUT2D eigenvalue weighted by atomic mass is 10.1. The maximum atomic E-state index is 12.4. The van der Waals surface area contributed by atoms with E-state index < -0.39 is 30.5 Å². The van der Waals surface area contributed by atoms with E-state index in [9.17, 15) is 19.2 Å². The number of methoxy groups -OCH3 is 1. The van der Waals surface area contributed by atoms with Crippen LogP contribution in [0.5, 0.6) is 11.5 Å². The normalized spacial score (nSPS) is 13.6. The van der Waals surface area contributed by atoms with Gasteiger partial charge in [0, 0.05) is 6.54 Å². The van der Waals surface area contributed by atoms with Crippen LogP contribution < -0.4 is 14.8 Å². The van der Waals surface area contributed by atoms with Crippen molar-refractivity contribution >= 4 is 24.4 Å². The Morgan fingerprint density at radius 3 is 1.90 bits per heavy atom. The summed E-state index contributed by atoms with van der Waals surface area (Å²) in [6.07, 6.45) is -0.580. The largest absolute Gasteiger partial charge is 0.513 e. The van der Waals surface area contributed by atoms with Gasteiger partial charge in [0.05, 0.1) is 20.3 Å². The number of ether oxygens (including phenoxy) is 7. The molecule has 1 aromatic rings. The number of carbonyl (C=O) groups is 4. The molecule has 41 heavy (non-hydrogen) atoms. The molecule has 0 aromatic heterocycles. The van der Waals surface area contributed by atoms with Crippen LogP contribution in [0.1, 0.15) is 66.4 Å². The summed E-state index contributed by atoms with van der Waals surface area (Å²) in [7, 11) is 1.25. The lowest BCUT2D eigenvalue weighted by Gasteiger charge is -2.18. The Hall–Kier alpha value is -3.54. The topological polar surface area (TPSA) is 145 Å². The van der Waals surface area contributed by atoms with E-state index in [1.807, 2.05) is 34.6 Å². The van der Waals surface area contributed by atoms with E-state index >= 15 is 0 Å². The van der Waals surface area contributed by atoms with E-state index in [-0.39, 0.29) is 62.2 Å². The van der Waals surface area contributed by atoms with E-state index in [1.165, 1.54) is 19.2 Å². The molecule has 12 nitrogen and oxygen atoms in total. The molecule has 1 aromatic carbocycles. The Kier molecular flexibility index (Phi) is 16.9. The summed E-state index contributed by atoms with van der Waals surface area (Å²) in [6, 6.07) is 3.66. The summed E-state index contributed by atoms with van der Waals surface area (Å²) < 4.78 is 35.9. The number of hydrogen-bond acceptors (Lipinski definition) is 12. The predicted molar refractivity (Wildman–Crippen MR) is 149 cm³/mol. The van der Waals surface area contributed by atoms with Gasteiger partial charge in [-0.3, -0.25) is 4.79 Å². The SMILES string of the molecule is CCC(C)COC(=O)Oc1ccc(C[C@H](NCCOC(=O)OC(C)CC)C(=O)OC)cc1OC(=O)OCC(C)CC. The lowest BCUT2D eigenvalue weighted by Crippen LogP contribution is -2.41. The number of hydrogen-bond donors (Lipinski definition) is 1. The number of carbonyl (C=O) groups excluding carboxylic acids is 4. The molecule has 4 atom stereocenters. The van der Waals surface area contributed by atoms with Crippen LogP contribution >= 0.6 is 0 Å². The van der Waals surface area contributed by atoms with Gasteiger partial charge in [0.1, 0.15) is 18.8 Å². The Labute approximate surface area is 242 Å². The number of esters is 1. The van der Waals surface area contributed by atoms with Crippen LogP contribution in [0.2, 0.25) is 0 Å². The van der Waals surface area contributed by atoms with E-state index in [0.29, 0.717) is 12.0 Å². The first-order valence-electron chi connectivity index (χ1n) is 14.0. The number of rotatable bonds is 17. The average molecular weight is 584 g/mol. The quantitative estimate of drug-likeness (QED) is 0.108. The van der Waals surface area contributed by atoms with Gasteiger partial charge in [-0.15, -0.1) is 0 Å². The van der Waals surface area contributed by atoms with Crippen LogP contribution in [0.3, 0.4) is 0 Å². The van der Waals surface area contributed by atoms with Crippen molar-refractivity contribution in [3.05, 3.63) is 23.8 Å². The third-order valence-corrected chi connectivity index (χ3v) is 6.27. The van der Waals surface area contributed by atoms with Crippen molar-refractivity contribution in [3.63, 3.8) is 0 Å². The van der Waals surface area contributed by atoms with Crippen molar-refractivity contribution in [1.29, 1.82) is 0 Å². The van der Waals surface area contributed by atoms with E-state index in [1.54, 1.807) is 13.0 Å². The molecule has 232 valence electrons. The molecule has 0 saturated carbocycles. The third kappa shape index (κ3) is 14.6. The summed E-state index contributed by atoms with van der Waals surface area (Å²) >= 11 is 0. The second-order valence-electron chi connectivity index (χ2n) is 9.80. The van der Waals surface area contributed by atoms with E-state index in [2.05, 4.69) is 5.32 Å².